The molecule has 2 saturated carbocycles. The molecule has 6 rings (SSSR count). The first-order valence-electron chi connectivity index (χ1n) is 12.2. The number of anilines is 2. The quantitative estimate of drug-likeness (QED) is 0.358. The third-order valence-corrected chi connectivity index (χ3v) is 7.02. The maximum atomic E-state index is 13.0. The minimum Gasteiger partial charge on any atom is -0.478 e. The van der Waals surface area contributed by atoms with Gasteiger partial charge in [0.25, 0.3) is 5.56 Å². The van der Waals surface area contributed by atoms with Crippen molar-refractivity contribution in [2.24, 2.45) is 0 Å². The van der Waals surface area contributed by atoms with E-state index in [9.17, 15) is 14.7 Å². The highest BCUT2D eigenvalue weighted by Crippen LogP contribution is 2.39. The van der Waals surface area contributed by atoms with Crippen molar-refractivity contribution in [3.05, 3.63) is 82.7 Å². The largest absolute Gasteiger partial charge is 0.478 e. The van der Waals surface area contributed by atoms with Crippen LogP contribution in [0.5, 0.6) is 0 Å². The first-order valence-corrected chi connectivity index (χ1v) is 12.2. The van der Waals surface area contributed by atoms with Gasteiger partial charge in [-0.05, 0) is 61.8 Å². The smallest absolute Gasteiger partial charge is 0.337 e. The highest BCUT2D eigenvalue weighted by molar-refractivity contribution is 6.03. The fraction of sp³-hybridized carbons (Fsp3) is 0.296. The SMILES string of the molecule is O=C(O)c1cn(-c2ccc(N[C@H]3CC[C@H](Nc4ncc(C5CC5)cn4)C3)nc2)c(=O)c2ccccc12. The molecule has 0 spiro atoms. The Morgan fingerprint density at radius 3 is 2.28 bits per heavy atom. The van der Waals surface area contributed by atoms with E-state index in [4.69, 9.17) is 0 Å². The second kappa shape index (κ2) is 9.07. The Labute approximate surface area is 207 Å². The summed E-state index contributed by atoms with van der Waals surface area (Å²) in [5, 5.41) is 17.3. The molecule has 9 heteroatoms. The van der Waals surface area contributed by atoms with Crippen LogP contribution in [0.2, 0.25) is 0 Å². The van der Waals surface area contributed by atoms with Gasteiger partial charge < -0.3 is 15.7 Å². The van der Waals surface area contributed by atoms with Crippen molar-refractivity contribution < 1.29 is 9.90 Å². The Morgan fingerprint density at radius 1 is 0.889 bits per heavy atom. The van der Waals surface area contributed by atoms with E-state index < -0.39 is 5.97 Å². The van der Waals surface area contributed by atoms with Crippen molar-refractivity contribution in [3.63, 3.8) is 0 Å². The van der Waals surface area contributed by atoms with Gasteiger partial charge in [0.1, 0.15) is 5.82 Å². The Morgan fingerprint density at radius 2 is 1.61 bits per heavy atom. The van der Waals surface area contributed by atoms with Crippen LogP contribution < -0.4 is 16.2 Å². The lowest BCUT2D eigenvalue weighted by molar-refractivity contribution is 0.0698. The van der Waals surface area contributed by atoms with Crippen molar-refractivity contribution in [2.75, 3.05) is 10.6 Å². The summed E-state index contributed by atoms with van der Waals surface area (Å²) in [5.41, 5.74) is 1.53. The van der Waals surface area contributed by atoms with E-state index in [-0.39, 0.29) is 17.2 Å². The van der Waals surface area contributed by atoms with Crippen molar-refractivity contribution >= 4 is 28.5 Å². The summed E-state index contributed by atoms with van der Waals surface area (Å²) < 4.78 is 1.34. The Hall–Kier alpha value is -4.27. The first-order chi connectivity index (χ1) is 17.5. The number of nitrogens with one attached hydrogen (secondary N) is 2. The van der Waals surface area contributed by atoms with Gasteiger partial charge in [0.15, 0.2) is 0 Å². The molecule has 182 valence electrons. The van der Waals surface area contributed by atoms with Gasteiger partial charge in [-0.3, -0.25) is 9.36 Å². The molecule has 0 aliphatic heterocycles. The number of hydrogen-bond acceptors (Lipinski definition) is 7. The number of carbonyl (C=O) groups is 1. The molecular weight excluding hydrogens is 456 g/mol. The van der Waals surface area contributed by atoms with Crippen LogP contribution in [0.3, 0.4) is 0 Å². The van der Waals surface area contributed by atoms with E-state index in [2.05, 4.69) is 25.6 Å². The van der Waals surface area contributed by atoms with Gasteiger partial charge >= 0.3 is 5.97 Å². The number of fused-ring (bicyclic) bond motifs is 1. The molecule has 0 bridgehead atoms. The molecule has 9 nitrogen and oxygen atoms in total. The van der Waals surface area contributed by atoms with E-state index in [1.807, 2.05) is 18.5 Å². The predicted octanol–water partition coefficient (Wildman–Crippen LogP) is 4.20. The van der Waals surface area contributed by atoms with Gasteiger partial charge in [0.05, 0.1) is 17.4 Å². The third-order valence-electron chi connectivity index (χ3n) is 7.02. The molecule has 0 unspecified atom stereocenters. The van der Waals surface area contributed by atoms with E-state index >= 15 is 0 Å². The number of pyridine rings is 2. The molecule has 3 heterocycles. The zero-order valence-electron chi connectivity index (χ0n) is 19.6. The molecule has 0 amide bonds. The van der Waals surface area contributed by atoms with Crippen LogP contribution in [0.15, 0.2) is 66.0 Å². The summed E-state index contributed by atoms with van der Waals surface area (Å²) in [6, 6.07) is 10.9. The summed E-state index contributed by atoms with van der Waals surface area (Å²) in [5.74, 6) is 0.952. The molecular formula is C27H26N6O3. The van der Waals surface area contributed by atoms with Gasteiger partial charge in [-0.15, -0.1) is 0 Å². The highest BCUT2D eigenvalue weighted by atomic mass is 16.4. The zero-order valence-corrected chi connectivity index (χ0v) is 19.6. The summed E-state index contributed by atoms with van der Waals surface area (Å²) in [4.78, 5) is 38.2. The molecule has 36 heavy (non-hydrogen) atoms. The zero-order chi connectivity index (χ0) is 24.6. The Balaban J connectivity index is 1.13. The van der Waals surface area contributed by atoms with Crippen molar-refractivity contribution in [2.45, 2.75) is 50.1 Å². The van der Waals surface area contributed by atoms with E-state index in [1.165, 1.54) is 29.2 Å². The van der Waals surface area contributed by atoms with Crippen molar-refractivity contribution in [1.29, 1.82) is 0 Å². The lowest BCUT2D eigenvalue weighted by Crippen LogP contribution is -2.22. The van der Waals surface area contributed by atoms with E-state index in [0.717, 1.165) is 19.3 Å². The average molecular weight is 483 g/mol. The number of carboxylic acids is 1. The molecule has 2 fully saturated rings. The lowest BCUT2D eigenvalue weighted by Gasteiger charge is -2.16. The van der Waals surface area contributed by atoms with Crippen LogP contribution in [0.4, 0.5) is 11.8 Å². The molecule has 0 radical (unpaired) electrons. The van der Waals surface area contributed by atoms with E-state index in [1.54, 1.807) is 36.5 Å². The fourth-order valence-corrected chi connectivity index (χ4v) is 4.94. The number of nitrogens with zero attached hydrogens (tertiary/aromatic N) is 4. The molecule has 3 aromatic heterocycles. The number of rotatable bonds is 7. The first kappa shape index (κ1) is 22.2. The predicted molar refractivity (Wildman–Crippen MR) is 137 cm³/mol. The summed E-state index contributed by atoms with van der Waals surface area (Å²) in [6.07, 6.45) is 12.2. The van der Waals surface area contributed by atoms with Gasteiger partial charge in [0.2, 0.25) is 5.95 Å². The standard InChI is InChI=1S/C27H26N6O3/c34-25-22-4-2-1-3-21(22)23(26(35)36)15-33(25)20-9-10-24(28-14-20)31-18-7-8-19(11-18)32-27-29-12-17(13-30-27)16-5-6-16/h1-4,9-10,12-16,18-19H,5-8,11H2,(H,28,31)(H,35,36)(H,29,30,32)/t18-,19-/m0/s1. The molecule has 1 aromatic carbocycles. The van der Waals surface area contributed by atoms with Crippen LogP contribution in [0, 0.1) is 0 Å². The minimum absolute atomic E-state index is 0.0723. The van der Waals surface area contributed by atoms with Gasteiger partial charge in [-0.1, -0.05) is 18.2 Å². The average Bonchev–Trinajstić information content (AvgIpc) is 3.66. The van der Waals surface area contributed by atoms with Crippen LogP contribution >= 0.6 is 0 Å². The second-order valence-corrected chi connectivity index (χ2v) is 9.58. The monoisotopic (exact) mass is 482 g/mol. The van der Waals surface area contributed by atoms with Crippen LogP contribution in [0.1, 0.15) is 53.9 Å². The van der Waals surface area contributed by atoms with Gasteiger partial charge in [-0.2, -0.15) is 0 Å². The number of carboxylic acid groups (broad SMARTS) is 1. The maximum absolute atomic E-state index is 13.0. The highest BCUT2D eigenvalue weighted by Gasteiger charge is 2.27. The number of hydrogen-bond donors (Lipinski definition) is 3. The lowest BCUT2D eigenvalue weighted by atomic mass is 10.1. The molecule has 0 saturated heterocycles. The number of benzene rings is 1. The number of aromatic nitrogens is 4. The molecule has 2 aliphatic carbocycles. The molecule has 4 aromatic rings. The molecule has 2 atom stereocenters. The topological polar surface area (TPSA) is 122 Å². The van der Waals surface area contributed by atoms with Crippen LogP contribution in [-0.2, 0) is 0 Å². The molecule has 2 aliphatic rings. The third kappa shape index (κ3) is 4.39. The molecule has 3 N–H and O–H groups in total. The fourth-order valence-electron chi connectivity index (χ4n) is 4.94. The minimum atomic E-state index is -1.08. The van der Waals surface area contributed by atoms with Crippen LogP contribution in [-0.4, -0.2) is 42.7 Å². The van der Waals surface area contributed by atoms with Crippen molar-refractivity contribution in [1.82, 2.24) is 19.5 Å². The van der Waals surface area contributed by atoms with Gasteiger partial charge in [0, 0.05) is 41.4 Å². The van der Waals surface area contributed by atoms with E-state index in [0.29, 0.717) is 40.2 Å². The Kier molecular flexibility index (Phi) is 5.59. The number of aromatic carboxylic acids is 1. The summed E-state index contributed by atoms with van der Waals surface area (Å²) >= 11 is 0. The van der Waals surface area contributed by atoms with Crippen LogP contribution in [0.25, 0.3) is 16.5 Å². The summed E-state index contributed by atoms with van der Waals surface area (Å²) in [6.45, 7) is 0. The Bertz CT molecular complexity index is 1480. The van der Waals surface area contributed by atoms with Gasteiger partial charge in [-0.25, -0.2) is 19.7 Å². The maximum Gasteiger partial charge on any atom is 0.337 e. The van der Waals surface area contributed by atoms with Crippen molar-refractivity contribution in [3.8, 4) is 5.69 Å². The summed E-state index contributed by atoms with van der Waals surface area (Å²) in [7, 11) is 0. The normalized spacial score (nSPS) is 19.3. The second-order valence-electron chi connectivity index (χ2n) is 9.58.